The molecule has 43 heavy (non-hydrogen) atoms. The van der Waals surface area contributed by atoms with Gasteiger partial charge < -0.3 is 19.7 Å². The van der Waals surface area contributed by atoms with Crippen LogP contribution in [0.1, 0.15) is 12.8 Å². The number of H-pyrrole nitrogens is 1. The van der Waals surface area contributed by atoms with Crippen molar-refractivity contribution in [3.8, 4) is 11.1 Å². The van der Waals surface area contributed by atoms with E-state index in [4.69, 9.17) is 11.6 Å². The summed E-state index contributed by atoms with van der Waals surface area (Å²) in [5.74, 6) is -0.0793. The molecule has 1 N–H and O–H groups in total. The quantitative estimate of drug-likeness (QED) is 0.316. The summed E-state index contributed by atoms with van der Waals surface area (Å²) in [6.45, 7) is -0.0275. The first-order valence-electron chi connectivity index (χ1n) is 13.6. The number of carbonyl (C=O) groups is 2. The van der Waals surface area contributed by atoms with Gasteiger partial charge in [-0.15, -0.1) is 0 Å². The van der Waals surface area contributed by atoms with E-state index >= 15 is 0 Å². The van der Waals surface area contributed by atoms with Crippen molar-refractivity contribution in [2.45, 2.75) is 30.0 Å². The van der Waals surface area contributed by atoms with Crippen molar-refractivity contribution < 1.29 is 18.0 Å². The first-order valence-corrected chi connectivity index (χ1v) is 15.5. The molecule has 4 heterocycles. The molecule has 4 aromatic rings. The summed E-state index contributed by atoms with van der Waals surface area (Å²) in [6, 6.07) is 9.03. The molecule has 1 saturated heterocycles. The van der Waals surface area contributed by atoms with Gasteiger partial charge in [-0.1, -0.05) is 11.6 Å². The van der Waals surface area contributed by atoms with Crippen molar-refractivity contribution >= 4 is 50.3 Å². The molecule has 0 spiro atoms. The zero-order valence-corrected chi connectivity index (χ0v) is 25.9. The molecular formula is C29H33ClN8O4S. The van der Waals surface area contributed by atoms with Gasteiger partial charge in [0.25, 0.3) is 10.0 Å². The Morgan fingerprint density at radius 2 is 1.49 bits per heavy atom. The molecule has 226 valence electrons. The number of fused-ring (bicyclic) bond motifs is 1. The highest BCUT2D eigenvalue weighted by atomic mass is 35.5. The van der Waals surface area contributed by atoms with Gasteiger partial charge in [0.1, 0.15) is 5.03 Å². The number of benzene rings is 1. The molecule has 0 radical (unpaired) electrons. The highest BCUT2D eigenvalue weighted by Gasteiger charge is 2.43. The van der Waals surface area contributed by atoms with Crippen molar-refractivity contribution in [3.63, 3.8) is 0 Å². The van der Waals surface area contributed by atoms with Crippen molar-refractivity contribution in [3.05, 3.63) is 66.2 Å². The van der Waals surface area contributed by atoms with Gasteiger partial charge in [-0.3, -0.25) is 14.6 Å². The lowest BCUT2D eigenvalue weighted by Crippen LogP contribution is -2.62. The average Bonchev–Trinajstić information content (AvgIpc) is 3.42. The Labute approximate surface area is 255 Å². The van der Waals surface area contributed by atoms with E-state index in [9.17, 15) is 18.0 Å². The summed E-state index contributed by atoms with van der Waals surface area (Å²) >= 11 is 6.13. The van der Waals surface area contributed by atoms with Gasteiger partial charge in [0.2, 0.25) is 17.8 Å². The predicted molar refractivity (Wildman–Crippen MR) is 164 cm³/mol. The van der Waals surface area contributed by atoms with Crippen molar-refractivity contribution in [2.24, 2.45) is 0 Å². The van der Waals surface area contributed by atoms with Gasteiger partial charge in [-0.05, 0) is 42.0 Å². The number of anilines is 1. The molecule has 1 aromatic carbocycles. The van der Waals surface area contributed by atoms with Crippen LogP contribution in [-0.4, -0.2) is 108 Å². The number of carbonyl (C=O) groups excluding carboxylic acids is 2. The second-order valence-corrected chi connectivity index (χ2v) is 13.2. The fraction of sp³-hybridized carbons (Fsp3) is 0.345. The Kier molecular flexibility index (Phi) is 8.67. The molecule has 5 rings (SSSR count). The summed E-state index contributed by atoms with van der Waals surface area (Å²) in [5, 5.41) is 1.15. The Morgan fingerprint density at radius 3 is 2.05 bits per heavy atom. The minimum Gasteiger partial charge on any atom is -0.349 e. The number of halogens is 1. The first-order chi connectivity index (χ1) is 20.4. The van der Waals surface area contributed by atoms with Gasteiger partial charge in [0, 0.05) is 100 Å². The summed E-state index contributed by atoms with van der Waals surface area (Å²) < 4.78 is 29.4. The molecule has 0 bridgehead atoms. The molecule has 2 atom stereocenters. The smallest absolute Gasteiger partial charge is 0.258 e. The topological polar surface area (TPSA) is 136 Å². The standard InChI is InChI=1S/C29H33ClN8O4S/c1-35(2)27(39)13-23-17-37(43(41,42)26-12-20-11-22(30)5-6-25(20)34-26)18-24(14-28(40)36(3)4)38(23)29-32-15-21(16-33-29)19-7-9-31-10-8-19/h5-12,15-16,23-24,34H,13-14,17-18H2,1-4H3. The molecule has 12 nitrogen and oxygen atoms in total. The van der Waals surface area contributed by atoms with Crippen LogP contribution in [0.5, 0.6) is 0 Å². The third-order valence-corrected chi connectivity index (χ3v) is 9.48. The van der Waals surface area contributed by atoms with Crippen molar-refractivity contribution in [1.29, 1.82) is 0 Å². The SMILES string of the molecule is CN(C)C(=O)CC1CN(S(=O)(=O)c2cc3cc(Cl)ccc3[nH]2)CC(CC(=O)N(C)C)N1c1ncc(-c2ccncc2)cn1. The van der Waals surface area contributed by atoms with Crippen molar-refractivity contribution in [2.75, 3.05) is 46.2 Å². The van der Waals surface area contributed by atoms with Crippen LogP contribution >= 0.6 is 11.6 Å². The van der Waals surface area contributed by atoms with Gasteiger partial charge in [0.05, 0.1) is 12.1 Å². The maximum atomic E-state index is 14.0. The lowest BCUT2D eigenvalue weighted by Gasteiger charge is -2.46. The average molecular weight is 625 g/mol. The number of rotatable bonds is 8. The van der Waals surface area contributed by atoms with Crippen LogP contribution in [0.4, 0.5) is 5.95 Å². The fourth-order valence-corrected chi connectivity index (χ4v) is 6.85. The van der Waals surface area contributed by atoms with Gasteiger partial charge >= 0.3 is 0 Å². The minimum absolute atomic E-state index is 0.00606. The third-order valence-electron chi connectivity index (χ3n) is 7.49. The van der Waals surface area contributed by atoms with Gasteiger partial charge in [-0.25, -0.2) is 18.4 Å². The van der Waals surface area contributed by atoms with E-state index in [2.05, 4.69) is 19.9 Å². The molecule has 0 saturated carbocycles. The predicted octanol–water partition coefficient (Wildman–Crippen LogP) is 2.88. The number of amides is 2. The molecule has 0 aliphatic carbocycles. The van der Waals surface area contributed by atoms with Crippen LogP contribution in [-0.2, 0) is 19.6 Å². The number of hydrogen-bond donors (Lipinski definition) is 1. The lowest BCUT2D eigenvalue weighted by molar-refractivity contribution is -0.129. The minimum atomic E-state index is -4.05. The Balaban J connectivity index is 1.55. The highest BCUT2D eigenvalue weighted by molar-refractivity contribution is 7.89. The number of pyridine rings is 1. The number of sulfonamides is 1. The fourth-order valence-electron chi connectivity index (χ4n) is 5.14. The summed E-state index contributed by atoms with van der Waals surface area (Å²) in [5.41, 5.74) is 2.28. The van der Waals surface area contributed by atoms with Gasteiger partial charge in [0.15, 0.2) is 0 Å². The van der Waals surface area contributed by atoms with Gasteiger partial charge in [-0.2, -0.15) is 4.31 Å². The number of hydrogen-bond acceptors (Lipinski definition) is 8. The molecule has 3 aromatic heterocycles. The molecular weight excluding hydrogens is 592 g/mol. The van der Waals surface area contributed by atoms with E-state index in [0.29, 0.717) is 21.9 Å². The van der Waals surface area contributed by atoms with Crippen molar-refractivity contribution in [1.82, 2.24) is 34.0 Å². The molecule has 2 amide bonds. The van der Waals surface area contributed by atoms with E-state index in [0.717, 1.165) is 11.1 Å². The highest BCUT2D eigenvalue weighted by Crippen LogP contribution is 2.31. The first kappa shape index (κ1) is 30.4. The molecule has 1 fully saturated rings. The monoisotopic (exact) mass is 624 g/mol. The largest absolute Gasteiger partial charge is 0.349 e. The number of piperazine rings is 1. The lowest BCUT2D eigenvalue weighted by atomic mass is 10.0. The Bertz CT molecular complexity index is 1700. The van der Waals surface area contributed by atoms with Crippen LogP contribution in [0.2, 0.25) is 5.02 Å². The number of nitrogens with zero attached hydrogens (tertiary/aromatic N) is 7. The summed E-state index contributed by atoms with van der Waals surface area (Å²) in [6.07, 6.45) is 6.68. The van der Waals surface area contributed by atoms with Crippen LogP contribution in [0.3, 0.4) is 0 Å². The normalized spacial score (nSPS) is 17.7. The number of aromatic amines is 1. The number of nitrogens with one attached hydrogen (secondary N) is 1. The Morgan fingerprint density at radius 1 is 0.907 bits per heavy atom. The van der Waals surface area contributed by atoms with E-state index in [-0.39, 0.29) is 42.8 Å². The molecule has 1 aliphatic rings. The molecule has 14 heteroatoms. The van der Waals surface area contributed by atoms with Crippen LogP contribution in [0.25, 0.3) is 22.0 Å². The van der Waals surface area contributed by atoms with Crippen LogP contribution in [0.15, 0.2) is 66.2 Å². The van der Waals surface area contributed by atoms with E-state index in [1.54, 1.807) is 77.2 Å². The maximum Gasteiger partial charge on any atom is 0.258 e. The third kappa shape index (κ3) is 6.48. The van der Waals surface area contributed by atoms with Crippen LogP contribution < -0.4 is 4.90 Å². The maximum absolute atomic E-state index is 14.0. The second kappa shape index (κ2) is 12.3. The summed E-state index contributed by atoms with van der Waals surface area (Å²) in [7, 11) is 2.53. The second-order valence-electron chi connectivity index (χ2n) is 10.9. The Hall–Kier alpha value is -4.07. The molecule has 2 unspecified atom stereocenters. The number of aromatic nitrogens is 4. The molecule has 1 aliphatic heterocycles. The summed E-state index contributed by atoms with van der Waals surface area (Å²) in [4.78, 5) is 47.1. The van der Waals surface area contributed by atoms with E-state index in [1.165, 1.54) is 14.1 Å². The van der Waals surface area contributed by atoms with E-state index < -0.39 is 22.1 Å². The van der Waals surface area contributed by atoms with E-state index in [1.807, 2.05) is 17.0 Å². The zero-order chi connectivity index (χ0) is 30.9. The van der Waals surface area contributed by atoms with Crippen LogP contribution in [0, 0.1) is 0 Å². The zero-order valence-electron chi connectivity index (χ0n) is 24.3.